The molecule has 0 radical (unpaired) electrons. The van der Waals surface area contributed by atoms with Crippen molar-refractivity contribution in [2.75, 3.05) is 24.6 Å². The number of thioether (sulfide) groups is 1. The Balaban J connectivity index is 2.40. The molecule has 2 N–H and O–H groups in total. The van der Waals surface area contributed by atoms with E-state index in [1.807, 2.05) is 0 Å². The van der Waals surface area contributed by atoms with Gasteiger partial charge in [-0.1, -0.05) is 12.2 Å². The second kappa shape index (κ2) is 5.74. The quantitative estimate of drug-likeness (QED) is 0.848. The Bertz CT molecular complexity index is 598. The van der Waals surface area contributed by atoms with Crippen molar-refractivity contribution in [1.29, 1.82) is 0 Å². The molecule has 1 aromatic rings. The van der Waals surface area contributed by atoms with Crippen molar-refractivity contribution in [3.63, 3.8) is 0 Å². The fourth-order valence-corrected chi connectivity index (χ4v) is 4.55. The smallest absolute Gasteiger partial charge is 0.243 e. The van der Waals surface area contributed by atoms with Gasteiger partial charge in [-0.3, -0.25) is 0 Å². The lowest BCUT2D eigenvalue weighted by Crippen LogP contribution is -2.38. The van der Waals surface area contributed by atoms with E-state index in [1.165, 1.54) is 16.4 Å². The van der Waals surface area contributed by atoms with Crippen molar-refractivity contribution < 1.29 is 12.8 Å². The van der Waals surface area contributed by atoms with E-state index in [0.717, 1.165) is 17.6 Å². The lowest BCUT2D eigenvalue weighted by molar-refractivity contribution is 0.443. The minimum atomic E-state index is -3.60. The highest BCUT2D eigenvalue weighted by Gasteiger charge is 2.27. The zero-order chi connectivity index (χ0) is 14.0. The maximum atomic E-state index is 13.5. The van der Waals surface area contributed by atoms with Crippen molar-refractivity contribution in [3.8, 4) is 0 Å². The first-order chi connectivity index (χ1) is 8.93. The zero-order valence-corrected chi connectivity index (χ0v) is 12.5. The Morgan fingerprint density at radius 3 is 2.58 bits per heavy atom. The molecule has 1 fully saturated rings. The minimum absolute atomic E-state index is 0.0311. The van der Waals surface area contributed by atoms with Crippen LogP contribution in [0.5, 0.6) is 0 Å². The van der Waals surface area contributed by atoms with E-state index in [0.29, 0.717) is 13.1 Å². The lowest BCUT2D eigenvalue weighted by atomic mass is 10.2. The molecule has 2 rings (SSSR count). The molecular weight excluding hydrogens is 307 g/mol. The van der Waals surface area contributed by atoms with Gasteiger partial charge < -0.3 is 5.73 Å². The Labute approximate surface area is 121 Å². The zero-order valence-electron chi connectivity index (χ0n) is 10.0. The molecule has 8 heteroatoms. The first-order valence-electron chi connectivity index (χ1n) is 5.60. The van der Waals surface area contributed by atoms with E-state index >= 15 is 0 Å². The van der Waals surface area contributed by atoms with Gasteiger partial charge in [0.1, 0.15) is 10.8 Å². The van der Waals surface area contributed by atoms with Crippen LogP contribution in [0.1, 0.15) is 5.56 Å². The van der Waals surface area contributed by atoms with E-state index in [9.17, 15) is 12.8 Å². The topological polar surface area (TPSA) is 63.4 Å². The van der Waals surface area contributed by atoms with Crippen LogP contribution in [0.15, 0.2) is 23.1 Å². The van der Waals surface area contributed by atoms with Crippen LogP contribution in [0.3, 0.4) is 0 Å². The second-order valence-electron chi connectivity index (χ2n) is 4.02. The van der Waals surface area contributed by atoms with Crippen LogP contribution in [0.2, 0.25) is 0 Å². The third-order valence-electron chi connectivity index (χ3n) is 2.81. The average molecular weight is 320 g/mol. The predicted octanol–water partition coefficient (Wildman–Crippen LogP) is 1.20. The number of halogens is 1. The Kier molecular flexibility index (Phi) is 4.44. The normalized spacial score (nSPS) is 17.3. The van der Waals surface area contributed by atoms with Crippen molar-refractivity contribution in [1.82, 2.24) is 4.31 Å². The molecule has 19 heavy (non-hydrogen) atoms. The molecule has 4 nitrogen and oxygen atoms in total. The highest BCUT2D eigenvalue weighted by Crippen LogP contribution is 2.22. The number of rotatable bonds is 3. The van der Waals surface area contributed by atoms with Gasteiger partial charge in [-0.2, -0.15) is 16.1 Å². The summed E-state index contributed by atoms with van der Waals surface area (Å²) >= 11 is 6.43. The Hall–Kier alpha value is -0.700. The number of hydrogen-bond donors (Lipinski definition) is 1. The van der Waals surface area contributed by atoms with Crippen molar-refractivity contribution in [3.05, 3.63) is 29.6 Å². The molecule has 0 aromatic heterocycles. The van der Waals surface area contributed by atoms with Gasteiger partial charge in [0, 0.05) is 30.2 Å². The predicted molar refractivity (Wildman–Crippen MR) is 78.4 cm³/mol. The third kappa shape index (κ3) is 3.07. The molecular formula is C11H13FN2O2S3. The van der Waals surface area contributed by atoms with Crippen LogP contribution < -0.4 is 5.73 Å². The van der Waals surface area contributed by atoms with Gasteiger partial charge in [0.25, 0.3) is 0 Å². The SMILES string of the molecule is NC(=S)c1cc(S(=O)(=O)N2CCSCC2)ccc1F. The van der Waals surface area contributed by atoms with Crippen LogP contribution in [-0.4, -0.2) is 42.3 Å². The van der Waals surface area contributed by atoms with E-state index in [2.05, 4.69) is 0 Å². The summed E-state index contributed by atoms with van der Waals surface area (Å²) in [5, 5.41) is 0. The summed E-state index contributed by atoms with van der Waals surface area (Å²) in [5.41, 5.74) is 5.35. The maximum absolute atomic E-state index is 13.5. The summed E-state index contributed by atoms with van der Waals surface area (Å²) < 4.78 is 39.6. The standard InChI is InChI=1S/C11H13FN2O2S3/c12-10-2-1-8(7-9(10)11(13)17)19(15,16)14-3-5-18-6-4-14/h1-2,7H,3-6H2,(H2,13,17). The summed E-state index contributed by atoms with van der Waals surface area (Å²) in [4.78, 5) is -0.118. The van der Waals surface area contributed by atoms with E-state index in [1.54, 1.807) is 11.8 Å². The van der Waals surface area contributed by atoms with Gasteiger partial charge in [0.2, 0.25) is 10.0 Å². The minimum Gasteiger partial charge on any atom is -0.389 e. The van der Waals surface area contributed by atoms with Crippen molar-refractivity contribution >= 4 is 39.0 Å². The third-order valence-corrected chi connectivity index (χ3v) is 5.87. The highest BCUT2D eigenvalue weighted by atomic mass is 32.2. The average Bonchev–Trinajstić information content (AvgIpc) is 2.39. The molecule has 0 atom stereocenters. The fraction of sp³-hybridized carbons (Fsp3) is 0.364. The first kappa shape index (κ1) is 14.7. The molecule has 0 amide bonds. The largest absolute Gasteiger partial charge is 0.389 e. The van der Waals surface area contributed by atoms with Crippen LogP contribution in [0.4, 0.5) is 4.39 Å². The maximum Gasteiger partial charge on any atom is 0.243 e. The fourth-order valence-electron chi connectivity index (χ4n) is 1.79. The van der Waals surface area contributed by atoms with Crippen LogP contribution in [-0.2, 0) is 10.0 Å². The van der Waals surface area contributed by atoms with E-state index in [-0.39, 0.29) is 15.4 Å². The summed E-state index contributed by atoms with van der Waals surface area (Å²) in [6.45, 7) is 0.930. The lowest BCUT2D eigenvalue weighted by Gasteiger charge is -2.25. The van der Waals surface area contributed by atoms with Gasteiger partial charge in [-0.05, 0) is 18.2 Å². The number of hydrogen-bond acceptors (Lipinski definition) is 4. The molecule has 1 aromatic carbocycles. The summed E-state index contributed by atoms with van der Waals surface area (Å²) in [6.07, 6.45) is 0. The van der Waals surface area contributed by atoms with E-state index in [4.69, 9.17) is 18.0 Å². The summed E-state index contributed by atoms with van der Waals surface area (Å²) in [7, 11) is -3.60. The van der Waals surface area contributed by atoms with Gasteiger partial charge in [-0.25, -0.2) is 12.8 Å². The van der Waals surface area contributed by atoms with Gasteiger partial charge >= 0.3 is 0 Å². The van der Waals surface area contributed by atoms with Crippen molar-refractivity contribution in [2.45, 2.75) is 4.90 Å². The van der Waals surface area contributed by atoms with Crippen LogP contribution in [0.25, 0.3) is 0 Å². The number of sulfonamides is 1. The summed E-state index contributed by atoms with van der Waals surface area (Å²) in [6, 6.07) is 3.53. The highest BCUT2D eigenvalue weighted by molar-refractivity contribution is 7.99. The number of benzene rings is 1. The van der Waals surface area contributed by atoms with Crippen molar-refractivity contribution in [2.24, 2.45) is 5.73 Å². The number of nitrogens with two attached hydrogens (primary N) is 1. The molecule has 0 unspecified atom stereocenters. The van der Waals surface area contributed by atoms with E-state index < -0.39 is 15.8 Å². The Morgan fingerprint density at radius 2 is 2.00 bits per heavy atom. The molecule has 1 aliphatic rings. The van der Waals surface area contributed by atoms with Crippen LogP contribution >= 0.6 is 24.0 Å². The molecule has 0 aliphatic carbocycles. The molecule has 104 valence electrons. The molecule has 1 heterocycles. The molecule has 1 aliphatic heterocycles. The second-order valence-corrected chi connectivity index (χ2v) is 7.62. The monoisotopic (exact) mass is 320 g/mol. The number of nitrogens with zero attached hydrogens (tertiary/aromatic N) is 1. The molecule has 0 spiro atoms. The summed E-state index contributed by atoms with van der Waals surface area (Å²) in [5.74, 6) is 0.922. The Morgan fingerprint density at radius 1 is 1.37 bits per heavy atom. The number of thiocarbonyl (C=S) groups is 1. The first-order valence-corrected chi connectivity index (χ1v) is 8.60. The van der Waals surface area contributed by atoms with Crippen LogP contribution in [0, 0.1) is 5.82 Å². The van der Waals surface area contributed by atoms with Gasteiger partial charge in [0.05, 0.1) is 4.90 Å². The molecule has 0 bridgehead atoms. The molecule has 0 saturated carbocycles. The van der Waals surface area contributed by atoms with Gasteiger partial charge in [-0.15, -0.1) is 0 Å². The van der Waals surface area contributed by atoms with Gasteiger partial charge in [0.15, 0.2) is 0 Å². The molecule has 1 saturated heterocycles.